The standard InChI is InChI=1S/C13H23N5/c1-10-16-12(15-2)9-13(17-10)18-8-4-3-5-11(18)6-7-14/h9,11H,3-8,14H2,1-2H3,(H,15,16,17). The summed E-state index contributed by atoms with van der Waals surface area (Å²) in [4.78, 5) is 11.3. The molecule has 1 fully saturated rings. The second-order valence-corrected chi connectivity index (χ2v) is 4.83. The smallest absolute Gasteiger partial charge is 0.134 e. The van der Waals surface area contributed by atoms with E-state index in [1.807, 2.05) is 20.0 Å². The largest absolute Gasteiger partial charge is 0.373 e. The SMILES string of the molecule is CNc1cc(N2CCCCC2CCN)nc(C)n1. The van der Waals surface area contributed by atoms with Crippen molar-refractivity contribution in [3.8, 4) is 0 Å². The zero-order valence-electron chi connectivity index (χ0n) is 11.3. The normalized spacial score (nSPS) is 19.9. The fourth-order valence-electron chi connectivity index (χ4n) is 2.62. The Morgan fingerprint density at radius 2 is 2.28 bits per heavy atom. The van der Waals surface area contributed by atoms with Crippen LogP contribution in [0.25, 0.3) is 0 Å². The maximum absolute atomic E-state index is 5.71. The minimum atomic E-state index is 0.530. The number of anilines is 2. The first kappa shape index (κ1) is 13.1. The Morgan fingerprint density at radius 3 is 3.00 bits per heavy atom. The molecular formula is C13H23N5. The van der Waals surface area contributed by atoms with Gasteiger partial charge in [-0.05, 0) is 39.2 Å². The van der Waals surface area contributed by atoms with Crippen molar-refractivity contribution in [1.29, 1.82) is 0 Å². The molecule has 0 bridgehead atoms. The minimum Gasteiger partial charge on any atom is -0.373 e. The summed E-state index contributed by atoms with van der Waals surface area (Å²) >= 11 is 0. The van der Waals surface area contributed by atoms with Gasteiger partial charge in [-0.25, -0.2) is 9.97 Å². The predicted molar refractivity (Wildman–Crippen MR) is 75.0 cm³/mol. The summed E-state index contributed by atoms with van der Waals surface area (Å²) < 4.78 is 0. The average Bonchev–Trinajstić information content (AvgIpc) is 2.39. The molecule has 5 nitrogen and oxygen atoms in total. The lowest BCUT2D eigenvalue weighted by Crippen LogP contribution is -2.41. The van der Waals surface area contributed by atoms with E-state index in [1.54, 1.807) is 0 Å². The Balaban J connectivity index is 2.24. The van der Waals surface area contributed by atoms with Crippen LogP contribution in [0, 0.1) is 6.92 Å². The van der Waals surface area contributed by atoms with E-state index < -0.39 is 0 Å². The number of aryl methyl sites for hydroxylation is 1. The molecule has 1 aliphatic rings. The number of nitrogens with one attached hydrogen (secondary N) is 1. The zero-order valence-corrected chi connectivity index (χ0v) is 11.3. The lowest BCUT2D eigenvalue weighted by molar-refractivity contribution is 0.438. The molecule has 1 aromatic heterocycles. The van der Waals surface area contributed by atoms with Crippen LogP contribution >= 0.6 is 0 Å². The summed E-state index contributed by atoms with van der Waals surface area (Å²) in [5, 5.41) is 3.09. The molecule has 1 unspecified atom stereocenters. The quantitative estimate of drug-likeness (QED) is 0.847. The molecule has 0 spiro atoms. The molecule has 0 saturated carbocycles. The van der Waals surface area contributed by atoms with Crippen LogP contribution in [0.3, 0.4) is 0 Å². The van der Waals surface area contributed by atoms with E-state index in [9.17, 15) is 0 Å². The molecule has 2 heterocycles. The van der Waals surface area contributed by atoms with Crippen molar-refractivity contribution < 1.29 is 0 Å². The molecule has 0 amide bonds. The molecule has 18 heavy (non-hydrogen) atoms. The summed E-state index contributed by atoms with van der Waals surface area (Å²) in [6, 6.07) is 2.56. The molecule has 1 saturated heterocycles. The highest BCUT2D eigenvalue weighted by Crippen LogP contribution is 2.26. The summed E-state index contributed by atoms with van der Waals surface area (Å²) in [7, 11) is 1.89. The summed E-state index contributed by atoms with van der Waals surface area (Å²) in [6.45, 7) is 3.75. The molecule has 1 aromatic rings. The summed E-state index contributed by atoms with van der Waals surface area (Å²) in [6.07, 6.45) is 4.79. The Hall–Kier alpha value is -1.36. The van der Waals surface area contributed by atoms with Gasteiger partial charge in [-0.1, -0.05) is 0 Å². The summed E-state index contributed by atoms with van der Waals surface area (Å²) in [5.74, 6) is 2.73. The maximum Gasteiger partial charge on any atom is 0.134 e. The van der Waals surface area contributed by atoms with Gasteiger partial charge in [-0.2, -0.15) is 0 Å². The van der Waals surface area contributed by atoms with Crippen LogP contribution in [0.4, 0.5) is 11.6 Å². The maximum atomic E-state index is 5.71. The molecular weight excluding hydrogens is 226 g/mol. The van der Waals surface area contributed by atoms with Crippen LogP contribution in [-0.2, 0) is 0 Å². The van der Waals surface area contributed by atoms with Gasteiger partial charge in [0.1, 0.15) is 17.5 Å². The van der Waals surface area contributed by atoms with Crippen LogP contribution < -0.4 is 16.0 Å². The molecule has 2 rings (SSSR count). The number of nitrogens with zero attached hydrogens (tertiary/aromatic N) is 3. The Morgan fingerprint density at radius 1 is 1.44 bits per heavy atom. The van der Waals surface area contributed by atoms with Gasteiger partial charge in [0.05, 0.1) is 0 Å². The van der Waals surface area contributed by atoms with Gasteiger partial charge in [-0.3, -0.25) is 0 Å². The van der Waals surface area contributed by atoms with Crippen LogP contribution in [0.1, 0.15) is 31.5 Å². The van der Waals surface area contributed by atoms with E-state index in [0.29, 0.717) is 6.04 Å². The lowest BCUT2D eigenvalue weighted by atomic mass is 9.99. The van der Waals surface area contributed by atoms with Crippen molar-refractivity contribution in [2.45, 2.75) is 38.6 Å². The van der Waals surface area contributed by atoms with Gasteiger partial charge in [0.2, 0.25) is 0 Å². The Labute approximate surface area is 109 Å². The van der Waals surface area contributed by atoms with Gasteiger partial charge in [0.15, 0.2) is 0 Å². The third-order valence-corrected chi connectivity index (χ3v) is 3.50. The number of aromatic nitrogens is 2. The molecule has 0 aliphatic carbocycles. The monoisotopic (exact) mass is 249 g/mol. The molecule has 0 radical (unpaired) electrons. The van der Waals surface area contributed by atoms with Crippen molar-refractivity contribution >= 4 is 11.6 Å². The molecule has 3 N–H and O–H groups in total. The molecule has 100 valence electrons. The van der Waals surface area contributed by atoms with Crippen molar-refractivity contribution in [2.75, 3.05) is 30.4 Å². The number of hydrogen-bond acceptors (Lipinski definition) is 5. The number of piperidine rings is 1. The molecule has 1 atom stereocenters. The highest BCUT2D eigenvalue weighted by Gasteiger charge is 2.23. The van der Waals surface area contributed by atoms with Crippen LogP contribution in [-0.4, -0.2) is 36.1 Å². The molecule has 1 aliphatic heterocycles. The van der Waals surface area contributed by atoms with Crippen LogP contribution in [0.5, 0.6) is 0 Å². The molecule has 0 aromatic carbocycles. The average molecular weight is 249 g/mol. The third kappa shape index (κ3) is 2.90. The number of nitrogens with two attached hydrogens (primary N) is 1. The fourth-order valence-corrected chi connectivity index (χ4v) is 2.62. The van der Waals surface area contributed by atoms with Crippen molar-refractivity contribution in [3.63, 3.8) is 0 Å². The predicted octanol–water partition coefficient (Wildman–Crippen LogP) is 1.53. The third-order valence-electron chi connectivity index (χ3n) is 3.50. The van der Waals surface area contributed by atoms with Gasteiger partial charge in [0.25, 0.3) is 0 Å². The fraction of sp³-hybridized carbons (Fsp3) is 0.692. The van der Waals surface area contributed by atoms with Gasteiger partial charge in [0, 0.05) is 25.7 Å². The molecule has 5 heteroatoms. The highest BCUT2D eigenvalue weighted by molar-refractivity contribution is 5.50. The second kappa shape index (κ2) is 6.00. The number of hydrogen-bond donors (Lipinski definition) is 2. The van der Waals surface area contributed by atoms with E-state index in [4.69, 9.17) is 5.73 Å². The summed E-state index contributed by atoms with van der Waals surface area (Å²) in [5.41, 5.74) is 5.71. The van der Waals surface area contributed by atoms with E-state index in [2.05, 4.69) is 20.2 Å². The first-order valence-corrected chi connectivity index (χ1v) is 6.74. The van der Waals surface area contributed by atoms with E-state index in [1.165, 1.54) is 19.3 Å². The Bertz CT molecular complexity index is 391. The zero-order chi connectivity index (χ0) is 13.0. The van der Waals surface area contributed by atoms with Gasteiger partial charge in [-0.15, -0.1) is 0 Å². The Kier molecular flexibility index (Phi) is 4.36. The highest BCUT2D eigenvalue weighted by atomic mass is 15.2. The van der Waals surface area contributed by atoms with Crippen molar-refractivity contribution in [2.24, 2.45) is 5.73 Å². The van der Waals surface area contributed by atoms with Gasteiger partial charge < -0.3 is 16.0 Å². The van der Waals surface area contributed by atoms with Crippen molar-refractivity contribution in [1.82, 2.24) is 9.97 Å². The van der Waals surface area contributed by atoms with E-state index >= 15 is 0 Å². The topological polar surface area (TPSA) is 67.1 Å². The van der Waals surface area contributed by atoms with Crippen molar-refractivity contribution in [3.05, 3.63) is 11.9 Å². The van der Waals surface area contributed by atoms with E-state index in [0.717, 1.165) is 37.0 Å². The van der Waals surface area contributed by atoms with E-state index in [-0.39, 0.29) is 0 Å². The van der Waals surface area contributed by atoms with Crippen LogP contribution in [0.2, 0.25) is 0 Å². The first-order valence-electron chi connectivity index (χ1n) is 6.74. The number of rotatable bonds is 4. The van der Waals surface area contributed by atoms with Gasteiger partial charge >= 0.3 is 0 Å². The van der Waals surface area contributed by atoms with Crippen LogP contribution in [0.15, 0.2) is 6.07 Å². The lowest BCUT2D eigenvalue weighted by Gasteiger charge is -2.36. The second-order valence-electron chi connectivity index (χ2n) is 4.83. The first-order chi connectivity index (χ1) is 8.74. The minimum absolute atomic E-state index is 0.530.